The van der Waals surface area contributed by atoms with Crippen LogP contribution in [0.1, 0.15) is 41.5 Å². The monoisotopic (exact) mass is 228 g/mol. The van der Waals surface area contributed by atoms with E-state index in [1.54, 1.807) is 0 Å². The summed E-state index contributed by atoms with van der Waals surface area (Å²) < 4.78 is 0. The largest absolute Gasteiger partial charge is 0.393 e. The lowest BCUT2D eigenvalue weighted by Crippen LogP contribution is -2.48. The Morgan fingerprint density at radius 3 is 1.67 bits per heavy atom. The highest BCUT2D eigenvalue weighted by Gasteiger charge is 2.40. The minimum absolute atomic E-state index is 0.156. The van der Waals surface area contributed by atoms with Crippen LogP contribution in [-0.4, -0.2) is 18.9 Å². The molecule has 1 nitrogen and oxygen atoms in total. The third kappa shape index (κ3) is 4.52. The predicted molar refractivity (Wildman–Crippen MR) is 71.8 cm³/mol. The van der Waals surface area contributed by atoms with E-state index in [0.717, 1.165) is 0 Å². The van der Waals surface area contributed by atoms with E-state index >= 15 is 0 Å². The van der Waals surface area contributed by atoms with Gasteiger partial charge in [-0.3, -0.25) is 0 Å². The second-order valence-corrected chi connectivity index (χ2v) is 12.7. The van der Waals surface area contributed by atoms with Crippen molar-refractivity contribution < 1.29 is 5.11 Å². The Kier molecular flexibility index (Phi) is 4.40. The zero-order valence-electron chi connectivity index (χ0n) is 11.7. The molecule has 1 unspecified atom stereocenters. The third-order valence-electron chi connectivity index (χ3n) is 3.45. The second kappa shape index (κ2) is 4.42. The minimum Gasteiger partial charge on any atom is -0.393 e. The standard InChI is InChI=1S/C13H28OSi/c1-12(2,3)10-9-11(14)15(7,8)13(4,5)6/h9-11,14H,1-8H3/b10-9-. The average molecular weight is 228 g/mol. The molecule has 0 bridgehead atoms. The molecule has 0 saturated heterocycles. The molecule has 15 heavy (non-hydrogen) atoms. The van der Waals surface area contributed by atoms with Crippen LogP contribution >= 0.6 is 0 Å². The fourth-order valence-electron chi connectivity index (χ4n) is 1.06. The van der Waals surface area contributed by atoms with Crippen LogP contribution in [0.4, 0.5) is 0 Å². The lowest BCUT2D eigenvalue weighted by atomic mass is 9.96. The van der Waals surface area contributed by atoms with E-state index in [9.17, 15) is 5.11 Å². The Labute approximate surface area is 96.6 Å². The summed E-state index contributed by atoms with van der Waals surface area (Å²) in [6, 6.07) is 0. The minimum atomic E-state index is -1.64. The summed E-state index contributed by atoms with van der Waals surface area (Å²) in [6.07, 6.45) is 4.12. The molecule has 2 heteroatoms. The van der Waals surface area contributed by atoms with E-state index in [0.29, 0.717) is 0 Å². The van der Waals surface area contributed by atoms with Crippen molar-refractivity contribution >= 4 is 8.07 Å². The first-order valence-corrected chi connectivity index (χ1v) is 8.83. The molecule has 0 aliphatic carbocycles. The summed E-state index contributed by atoms with van der Waals surface area (Å²) in [4.78, 5) is 0. The van der Waals surface area contributed by atoms with Gasteiger partial charge in [-0.15, -0.1) is 0 Å². The van der Waals surface area contributed by atoms with Crippen LogP contribution in [0.25, 0.3) is 0 Å². The Morgan fingerprint density at radius 2 is 1.40 bits per heavy atom. The van der Waals surface area contributed by atoms with E-state index in [-0.39, 0.29) is 16.2 Å². The van der Waals surface area contributed by atoms with Gasteiger partial charge in [-0.1, -0.05) is 66.8 Å². The maximum absolute atomic E-state index is 10.3. The van der Waals surface area contributed by atoms with Gasteiger partial charge in [0.1, 0.15) is 0 Å². The van der Waals surface area contributed by atoms with Gasteiger partial charge in [0.2, 0.25) is 0 Å². The molecular weight excluding hydrogens is 200 g/mol. The maximum atomic E-state index is 10.3. The number of allylic oxidation sites excluding steroid dienone is 1. The van der Waals surface area contributed by atoms with Crippen LogP contribution in [0.2, 0.25) is 18.1 Å². The first-order valence-electron chi connectivity index (χ1n) is 5.75. The van der Waals surface area contributed by atoms with Crippen LogP contribution in [0.5, 0.6) is 0 Å². The molecule has 1 atom stereocenters. The van der Waals surface area contributed by atoms with Crippen LogP contribution in [0.15, 0.2) is 12.2 Å². The second-order valence-electron chi connectivity index (χ2n) is 7.14. The lowest BCUT2D eigenvalue weighted by Gasteiger charge is -2.39. The summed E-state index contributed by atoms with van der Waals surface area (Å²) in [5.74, 6) is 0. The molecule has 0 aliphatic rings. The summed E-state index contributed by atoms with van der Waals surface area (Å²) in [5, 5.41) is 10.5. The third-order valence-corrected chi connectivity index (χ3v) is 8.99. The fraction of sp³-hybridized carbons (Fsp3) is 0.846. The van der Waals surface area contributed by atoms with Crippen molar-refractivity contribution in [3.05, 3.63) is 12.2 Å². The van der Waals surface area contributed by atoms with Gasteiger partial charge in [0, 0.05) is 0 Å². The van der Waals surface area contributed by atoms with Crippen molar-refractivity contribution in [1.29, 1.82) is 0 Å². The van der Waals surface area contributed by atoms with Crippen molar-refractivity contribution in [1.82, 2.24) is 0 Å². The molecule has 0 fully saturated rings. The Bertz CT molecular complexity index is 228. The quantitative estimate of drug-likeness (QED) is 0.559. The molecule has 0 aromatic carbocycles. The molecule has 0 spiro atoms. The zero-order chi connectivity index (χ0) is 12.5. The predicted octanol–water partition coefficient (Wildman–Crippen LogP) is 4.00. The normalized spacial score (nSPS) is 17.1. The van der Waals surface area contributed by atoms with Crippen molar-refractivity contribution in [2.24, 2.45) is 5.41 Å². The smallest absolute Gasteiger partial charge is 0.0914 e. The molecule has 1 N–H and O–H groups in total. The van der Waals surface area contributed by atoms with Crippen molar-refractivity contribution in [2.75, 3.05) is 0 Å². The maximum Gasteiger partial charge on any atom is 0.0914 e. The summed E-state index contributed by atoms with van der Waals surface area (Å²) in [5.41, 5.74) is -0.0969. The first-order chi connectivity index (χ1) is 6.38. The number of hydrogen-bond donors (Lipinski definition) is 1. The van der Waals surface area contributed by atoms with E-state index in [1.807, 2.05) is 6.08 Å². The molecule has 0 heterocycles. The van der Waals surface area contributed by atoms with Gasteiger partial charge in [0.15, 0.2) is 0 Å². The Balaban J connectivity index is 4.73. The Hall–Kier alpha value is -0.0831. The highest BCUT2D eigenvalue weighted by atomic mass is 28.3. The van der Waals surface area contributed by atoms with Gasteiger partial charge in [0.05, 0.1) is 13.8 Å². The van der Waals surface area contributed by atoms with Gasteiger partial charge in [-0.05, 0) is 10.5 Å². The van der Waals surface area contributed by atoms with Gasteiger partial charge >= 0.3 is 0 Å². The number of hydrogen-bond acceptors (Lipinski definition) is 1. The molecule has 0 aliphatic heterocycles. The molecule has 0 rings (SSSR count). The van der Waals surface area contributed by atoms with Crippen LogP contribution in [-0.2, 0) is 0 Å². The molecule has 90 valence electrons. The van der Waals surface area contributed by atoms with Gasteiger partial charge in [-0.2, -0.15) is 0 Å². The summed E-state index contributed by atoms with van der Waals surface area (Å²) >= 11 is 0. The highest BCUT2D eigenvalue weighted by Crippen LogP contribution is 2.38. The van der Waals surface area contributed by atoms with E-state index in [2.05, 4.69) is 60.7 Å². The lowest BCUT2D eigenvalue weighted by molar-refractivity contribution is 0.282. The van der Waals surface area contributed by atoms with Crippen LogP contribution in [0.3, 0.4) is 0 Å². The zero-order valence-corrected chi connectivity index (χ0v) is 12.7. The van der Waals surface area contributed by atoms with Gasteiger partial charge in [-0.25, -0.2) is 0 Å². The fourth-order valence-corrected chi connectivity index (χ4v) is 2.53. The van der Waals surface area contributed by atoms with Crippen LogP contribution in [0, 0.1) is 5.41 Å². The number of rotatable bonds is 2. The summed E-state index contributed by atoms with van der Waals surface area (Å²) in [7, 11) is -1.64. The molecule has 0 radical (unpaired) electrons. The average Bonchev–Trinajstić information content (AvgIpc) is 1.96. The SMILES string of the molecule is CC(C)(C)/C=C\C(O)[Si](C)(C)C(C)(C)C. The van der Waals surface area contributed by atoms with E-state index in [4.69, 9.17) is 0 Å². The van der Waals surface area contributed by atoms with Gasteiger partial charge in [0.25, 0.3) is 0 Å². The molecule has 0 saturated carbocycles. The first kappa shape index (κ1) is 14.9. The van der Waals surface area contributed by atoms with E-state index in [1.165, 1.54) is 0 Å². The number of aliphatic hydroxyl groups excluding tert-OH is 1. The molecule has 0 aromatic rings. The van der Waals surface area contributed by atoms with Crippen LogP contribution < -0.4 is 0 Å². The van der Waals surface area contributed by atoms with Gasteiger partial charge < -0.3 is 5.11 Å². The summed E-state index contributed by atoms with van der Waals surface area (Å²) in [6.45, 7) is 17.7. The van der Waals surface area contributed by atoms with E-state index < -0.39 is 8.07 Å². The molecule has 0 aromatic heterocycles. The highest BCUT2D eigenvalue weighted by molar-refractivity contribution is 6.81. The molecular formula is C13H28OSi. The number of aliphatic hydroxyl groups is 1. The van der Waals surface area contributed by atoms with Crippen molar-refractivity contribution in [2.45, 2.75) is 65.4 Å². The Morgan fingerprint density at radius 1 is 1.00 bits per heavy atom. The topological polar surface area (TPSA) is 20.2 Å². The molecule has 0 amide bonds. The van der Waals surface area contributed by atoms with Crippen molar-refractivity contribution in [3.8, 4) is 0 Å². The van der Waals surface area contributed by atoms with Crippen molar-refractivity contribution in [3.63, 3.8) is 0 Å².